The summed E-state index contributed by atoms with van der Waals surface area (Å²) in [5, 5.41) is 8.74. The quantitative estimate of drug-likeness (QED) is 0.511. The van der Waals surface area contributed by atoms with Gasteiger partial charge in [-0.1, -0.05) is 12.1 Å². The van der Waals surface area contributed by atoms with E-state index in [2.05, 4.69) is 25.1 Å². The van der Waals surface area contributed by atoms with Gasteiger partial charge in [-0.3, -0.25) is 10.1 Å². The molecule has 10 heteroatoms. The highest BCUT2D eigenvalue weighted by atomic mass is 32.1. The third kappa shape index (κ3) is 4.27. The summed E-state index contributed by atoms with van der Waals surface area (Å²) >= 11 is 1.19. The fraction of sp³-hybridized carbons (Fsp3) is 0.0526. The van der Waals surface area contributed by atoms with Gasteiger partial charge in [0.1, 0.15) is 18.4 Å². The molecule has 0 aliphatic heterocycles. The van der Waals surface area contributed by atoms with Crippen molar-refractivity contribution in [2.75, 3.05) is 5.32 Å². The number of carbonyl (C=O) groups is 1. The first-order valence-electron chi connectivity index (χ1n) is 8.36. The first-order valence-corrected chi connectivity index (χ1v) is 9.24. The fourth-order valence-electron chi connectivity index (χ4n) is 2.61. The van der Waals surface area contributed by atoms with Crippen LogP contribution in [0.15, 0.2) is 66.6 Å². The Kier molecular flexibility index (Phi) is 5.25. The standard InChI is InChI=1S/C19H13F2N5O2S/c20-18(21)28-16-4-2-1-3-14(16)15-9-29-19(24-15)25-17(27)12-5-7-13(8-6-12)26-11-22-10-23-26/h1-11,18H,(H,24,25,27). The predicted molar refractivity (Wildman–Crippen MR) is 103 cm³/mol. The minimum atomic E-state index is -2.94. The zero-order valence-corrected chi connectivity index (χ0v) is 15.5. The number of hydrogen-bond acceptors (Lipinski definition) is 6. The molecule has 0 bridgehead atoms. The van der Waals surface area contributed by atoms with Crippen LogP contribution in [0.25, 0.3) is 16.9 Å². The van der Waals surface area contributed by atoms with Crippen LogP contribution in [0.5, 0.6) is 5.75 Å². The molecule has 0 aliphatic rings. The second-order valence-electron chi connectivity index (χ2n) is 5.75. The number of benzene rings is 2. The molecule has 0 radical (unpaired) electrons. The van der Waals surface area contributed by atoms with Crippen LogP contribution in [-0.2, 0) is 0 Å². The molecule has 0 unspecified atom stereocenters. The molecule has 0 aliphatic carbocycles. The van der Waals surface area contributed by atoms with E-state index in [1.54, 1.807) is 58.9 Å². The van der Waals surface area contributed by atoms with Crippen molar-refractivity contribution in [2.24, 2.45) is 0 Å². The maximum atomic E-state index is 12.6. The van der Waals surface area contributed by atoms with Gasteiger partial charge in [-0.05, 0) is 36.4 Å². The molecule has 146 valence electrons. The molecule has 0 saturated carbocycles. The molecule has 4 aromatic rings. The van der Waals surface area contributed by atoms with E-state index >= 15 is 0 Å². The number of hydrogen-bond donors (Lipinski definition) is 1. The molecule has 2 heterocycles. The maximum Gasteiger partial charge on any atom is 0.387 e. The predicted octanol–water partition coefficient (Wildman–Crippen LogP) is 4.24. The fourth-order valence-corrected chi connectivity index (χ4v) is 3.31. The van der Waals surface area contributed by atoms with Crippen molar-refractivity contribution >= 4 is 22.4 Å². The van der Waals surface area contributed by atoms with Gasteiger partial charge < -0.3 is 4.74 Å². The number of halogens is 2. The average Bonchev–Trinajstić information content (AvgIpc) is 3.40. The van der Waals surface area contributed by atoms with Crippen LogP contribution in [0, 0.1) is 0 Å². The summed E-state index contributed by atoms with van der Waals surface area (Å²) < 4.78 is 31.3. The zero-order valence-electron chi connectivity index (χ0n) is 14.7. The van der Waals surface area contributed by atoms with Crippen molar-refractivity contribution in [2.45, 2.75) is 6.61 Å². The van der Waals surface area contributed by atoms with E-state index in [0.717, 1.165) is 5.69 Å². The van der Waals surface area contributed by atoms with Crippen molar-refractivity contribution in [1.29, 1.82) is 0 Å². The number of thiazole rings is 1. The molecule has 2 aromatic heterocycles. The Morgan fingerprint density at radius 3 is 2.66 bits per heavy atom. The van der Waals surface area contributed by atoms with Crippen LogP contribution >= 0.6 is 11.3 Å². The zero-order chi connectivity index (χ0) is 20.2. The van der Waals surface area contributed by atoms with E-state index in [4.69, 9.17) is 0 Å². The lowest BCUT2D eigenvalue weighted by Crippen LogP contribution is -2.11. The lowest BCUT2D eigenvalue weighted by atomic mass is 10.1. The maximum absolute atomic E-state index is 12.6. The molecule has 0 atom stereocenters. The molecule has 0 spiro atoms. The van der Waals surface area contributed by atoms with Crippen molar-refractivity contribution in [3.63, 3.8) is 0 Å². The van der Waals surface area contributed by atoms with Gasteiger partial charge in [-0.15, -0.1) is 11.3 Å². The van der Waals surface area contributed by atoms with Crippen molar-refractivity contribution < 1.29 is 18.3 Å². The SMILES string of the molecule is O=C(Nc1nc(-c2ccccc2OC(F)F)cs1)c1ccc(-n2cncn2)cc1. The first-order chi connectivity index (χ1) is 14.1. The summed E-state index contributed by atoms with van der Waals surface area (Å²) in [4.78, 5) is 20.7. The van der Waals surface area contributed by atoms with Crippen molar-refractivity contribution in [3.05, 3.63) is 72.1 Å². The number of para-hydroxylation sites is 1. The molecule has 2 aromatic carbocycles. The molecule has 0 saturated heterocycles. The third-order valence-corrected chi connectivity index (χ3v) is 4.67. The monoisotopic (exact) mass is 413 g/mol. The number of aromatic nitrogens is 4. The Morgan fingerprint density at radius 2 is 1.93 bits per heavy atom. The highest BCUT2D eigenvalue weighted by Gasteiger charge is 2.15. The number of carbonyl (C=O) groups excluding carboxylic acids is 1. The molecule has 4 rings (SSSR count). The number of ether oxygens (including phenoxy) is 1. The number of nitrogens with zero attached hydrogens (tertiary/aromatic N) is 4. The normalized spacial score (nSPS) is 10.9. The largest absolute Gasteiger partial charge is 0.434 e. The Labute approximate surface area is 167 Å². The number of nitrogens with one attached hydrogen (secondary N) is 1. The van der Waals surface area contributed by atoms with E-state index in [1.165, 1.54) is 23.7 Å². The number of amides is 1. The summed E-state index contributed by atoms with van der Waals surface area (Å²) in [6.45, 7) is -2.94. The van der Waals surface area contributed by atoms with Crippen LogP contribution in [-0.4, -0.2) is 32.3 Å². The Morgan fingerprint density at radius 1 is 1.14 bits per heavy atom. The molecule has 1 N–H and O–H groups in total. The van der Waals surface area contributed by atoms with Gasteiger partial charge in [0.05, 0.1) is 11.4 Å². The van der Waals surface area contributed by atoms with Gasteiger partial charge >= 0.3 is 6.61 Å². The average molecular weight is 413 g/mol. The van der Waals surface area contributed by atoms with Crippen LogP contribution in [0.1, 0.15) is 10.4 Å². The third-order valence-electron chi connectivity index (χ3n) is 3.92. The van der Waals surface area contributed by atoms with Gasteiger partial charge in [0.15, 0.2) is 5.13 Å². The molecule has 7 nitrogen and oxygen atoms in total. The molecular weight excluding hydrogens is 400 g/mol. The van der Waals surface area contributed by atoms with E-state index in [-0.39, 0.29) is 11.7 Å². The minimum Gasteiger partial charge on any atom is -0.434 e. The Balaban J connectivity index is 1.49. The Bertz CT molecular complexity index is 1110. The van der Waals surface area contributed by atoms with Crippen LogP contribution < -0.4 is 10.1 Å². The second-order valence-corrected chi connectivity index (χ2v) is 6.61. The minimum absolute atomic E-state index is 0.0226. The van der Waals surface area contributed by atoms with Crippen LogP contribution in [0.4, 0.5) is 13.9 Å². The van der Waals surface area contributed by atoms with E-state index in [0.29, 0.717) is 22.0 Å². The Hall–Kier alpha value is -3.66. The topological polar surface area (TPSA) is 81.9 Å². The highest BCUT2D eigenvalue weighted by molar-refractivity contribution is 7.14. The number of rotatable bonds is 6. The van der Waals surface area contributed by atoms with Gasteiger partial charge in [0, 0.05) is 16.5 Å². The highest BCUT2D eigenvalue weighted by Crippen LogP contribution is 2.33. The second kappa shape index (κ2) is 8.15. The first kappa shape index (κ1) is 18.7. The van der Waals surface area contributed by atoms with E-state index in [9.17, 15) is 13.6 Å². The summed E-state index contributed by atoms with van der Waals surface area (Å²) in [7, 11) is 0. The lowest BCUT2D eigenvalue weighted by Gasteiger charge is -2.08. The smallest absolute Gasteiger partial charge is 0.387 e. The summed E-state index contributed by atoms with van der Waals surface area (Å²) in [5.74, 6) is -0.317. The molecule has 0 fully saturated rings. The number of anilines is 1. The van der Waals surface area contributed by atoms with Gasteiger partial charge in [0.2, 0.25) is 0 Å². The molecule has 29 heavy (non-hydrogen) atoms. The molecular formula is C19H13F2N5O2S. The van der Waals surface area contributed by atoms with Gasteiger partial charge in [-0.2, -0.15) is 13.9 Å². The van der Waals surface area contributed by atoms with Crippen LogP contribution in [0.3, 0.4) is 0 Å². The van der Waals surface area contributed by atoms with E-state index < -0.39 is 6.61 Å². The van der Waals surface area contributed by atoms with Crippen molar-refractivity contribution in [1.82, 2.24) is 19.7 Å². The van der Waals surface area contributed by atoms with Crippen LogP contribution in [0.2, 0.25) is 0 Å². The van der Waals surface area contributed by atoms with Gasteiger partial charge in [-0.25, -0.2) is 14.6 Å². The lowest BCUT2D eigenvalue weighted by molar-refractivity contribution is -0.0494. The summed E-state index contributed by atoms with van der Waals surface area (Å²) in [5.41, 5.74) is 2.06. The summed E-state index contributed by atoms with van der Waals surface area (Å²) in [6, 6.07) is 13.2. The van der Waals surface area contributed by atoms with Gasteiger partial charge in [0.25, 0.3) is 5.91 Å². The molecule has 1 amide bonds. The van der Waals surface area contributed by atoms with Crippen molar-refractivity contribution in [3.8, 4) is 22.7 Å². The number of alkyl halides is 2. The summed E-state index contributed by atoms with van der Waals surface area (Å²) in [6.07, 6.45) is 2.98. The van der Waals surface area contributed by atoms with E-state index in [1.807, 2.05) is 0 Å².